The number of carbonyl (C=O) groups excluding carboxylic acids is 1. The third-order valence-corrected chi connectivity index (χ3v) is 8.10. The van der Waals surface area contributed by atoms with Crippen molar-refractivity contribution >= 4 is 21.6 Å². The molecule has 4 unspecified atom stereocenters. The Kier molecular flexibility index (Phi) is 6.47. The van der Waals surface area contributed by atoms with Gasteiger partial charge in [-0.05, 0) is 44.6 Å². The van der Waals surface area contributed by atoms with Crippen LogP contribution < -0.4 is 21.7 Å². The Balaban J connectivity index is 1.67. The molecular weight excluding hydrogens is 394 g/mol. The molecule has 4 atom stereocenters. The fourth-order valence-electron chi connectivity index (χ4n) is 4.36. The molecule has 3 N–H and O–H groups in total. The zero-order valence-electron chi connectivity index (χ0n) is 17.4. The molecule has 0 bridgehead atoms. The molecule has 1 amide bonds. The van der Waals surface area contributed by atoms with E-state index in [1.54, 1.807) is 16.8 Å². The van der Waals surface area contributed by atoms with E-state index in [1.807, 2.05) is 13.8 Å². The van der Waals surface area contributed by atoms with E-state index in [-0.39, 0.29) is 30.1 Å². The van der Waals surface area contributed by atoms with Gasteiger partial charge in [-0.1, -0.05) is 6.92 Å². The van der Waals surface area contributed by atoms with Crippen molar-refractivity contribution in [3.8, 4) is 0 Å². The smallest absolute Gasteiger partial charge is 0.252 e. The number of rotatable bonds is 6. The number of amides is 1. The summed E-state index contributed by atoms with van der Waals surface area (Å²) in [5, 5.41) is 2.05. The van der Waals surface area contributed by atoms with E-state index in [4.69, 9.17) is 0 Å². The molecule has 1 saturated carbocycles. The van der Waals surface area contributed by atoms with Gasteiger partial charge in [-0.25, -0.2) is 8.42 Å². The van der Waals surface area contributed by atoms with Crippen molar-refractivity contribution in [2.45, 2.75) is 50.9 Å². The quantitative estimate of drug-likeness (QED) is 0.613. The molecule has 0 spiro atoms. The first-order chi connectivity index (χ1) is 13.6. The van der Waals surface area contributed by atoms with E-state index < -0.39 is 21.2 Å². The third-order valence-electron chi connectivity index (χ3n) is 5.85. The minimum atomic E-state index is -3.66. The number of nitrogens with one attached hydrogen (secondary N) is 3. The average Bonchev–Trinajstić information content (AvgIpc) is 3.08. The van der Waals surface area contributed by atoms with Crippen LogP contribution in [0.25, 0.3) is 0 Å². The average molecular weight is 426 g/mol. The monoisotopic (exact) mass is 425 g/mol. The number of hydrogen-bond acceptors (Lipinski definition) is 6. The highest BCUT2D eigenvalue weighted by atomic mass is 32.2. The fraction of sp³-hybridized carbons (Fsp3) is 0.684. The molecule has 10 heteroatoms. The van der Waals surface area contributed by atoms with E-state index in [9.17, 15) is 18.0 Å². The molecule has 2 fully saturated rings. The molecule has 2 aliphatic rings. The summed E-state index contributed by atoms with van der Waals surface area (Å²) in [6, 6.07) is 2.85. The van der Waals surface area contributed by atoms with Crippen molar-refractivity contribution in [1.29, 1.82) is 0 Å². The lowest BCUT2D eigenvalue weighted by Gasteiger charge is -2.37. The second-order valence-corrected chi connectivity index (χ2v) is 10.8. The molecule has 2 heterocycles. The Bertz CT molecular complexity index is 913. The molecule has 1 aromatic rings. The summed E-state index contributed by atoms with van der Waals surface area (Å²) >= 11 is 0. The Labute approximate surface area is 171 Å². The van der Waals surface area contributed by atoms with Crippen LogP contribution in [-0.4, -0.2) is 54.6 Å². The van der Waals surface area contributed by atoms with Crippen molar-refractivity contribution in [1.82, 2.24) is 19.7 Å². The molecule has 1 aliphatic carbocycles. The Hall–Kier alpha value is -1.75. The van der Waals surface area contributed by atoms with Crippen LogP contribution in [0, 0.1) is 11.8 Å². The van der Waals surface area contributed by atoms with E-state index >= 15 is 0 Å². The number of pyridine rings is 1. The van der Waals surface area contributed by atoms with Crippen LogP contribution in [0.3, 0.4) is 0 Å². The number of carbonyl (C=O) groups is 1. The van der Waals surface area contributed by atoms with Crippen molar-refractivity contribution < 1.29 is 13.2 Å². The predicted octanol–water partition coefficient (Wildman–Crippen LogP) is 0.520. The zero-order chi connectivity index (χ0) is 21.3. The van der Waals surface area contributed by atoms with Crippen LogP contribution in [0.1, 0.15) is 39.7 Å². The van der Waals surface area contributed by atoms with Crippen molar-refractivity contribution in [2.24, 2.45) is 11.8 Å². The van der Waals surface area contributed by atoms with E-state index in [2.05, 4.69) is 23.1 Å². The number of sulfonamides is 1. The minimum Gasteiger partial charge on any atom is -0.325 e. The predicted molar refractivity (Wildman–Crippen MR) is 112 cm³/mol. The van der Waals surface area contributed by atoms with Gasteiger partial charge in [0, 0.05) is 43.6 Å². The van der Waals surface area contributed by atoms with Crippen molar-refractivity contribution in [3.63, 3.8) is 0 Å². The summed E-state index contributed by atoms with van der Waals surface area (Å²) in [4.78, 5) is 24.5. The Morgan fingerprint density at radius 1 is 1.38 bits per heavy atom. The number of hydrazine groups is 1. The largest absolute Gasteiger partial charge is 0.325 e. The summed E-state index contributed by atoms with van der Waals surface area (Å²) in [6.07, 6.45) is 3.17. The molecule has 9 nitrogen and oxygen atoms in total. The molecule has 0 aromatic carbocycles. The number of nitrogens with zero attached hydrogens (tertiary/aromatic N) is 2. The summed E-state index contributed by atoms with van der Waals surface area (Å²) in [7, 11) is -2.23. The summed E-state index contributed by atoms with van der Waals surface area (Å²) in [6.45, 7) is 6.32. The highest BCUT2D eigenvalue weighted by Crippen LogP contribution is 2.35. The van der Waals surface area contributed by atoms with Crippen LogP contribution in [0.4, 0.5) is 5.69 Å². The van der Waals surface area contributed by atoms with Gasteiger partial charge < -0.3 is 9.88 Å². The van der Waals surface area contributed by atoms with Gasteiger partial charge in [-0.3, -0.25) is 20.4 Å². The third kappa shape index (κ3) is 4.71. The van der Waals surface area contributed by atoms with E-state index in [0.29, 0.717) is 18.0 Å². The van der Waals surface area contributed by atoms with Crippen molar-refractivity contribution in [3.05, 3.63) is 28.7 Å². The van der Waals surface area contributed by atoms with Crippen LogP contribution in [0.5, 0.6) is 0 Å². The summed E-state index contributed by atoms with van der Waals surface area (Å²) in [5.74, 6) is 0.108. The standard InChI is InChI=1S/C19H31N5O4S/c1-12(2)24-6-5-15(9-18(24)26)21-17(25)11-23(4)29(27,28)16-8-13(3)7-14-10-20-22-19(14)16/h5-6,9,12-14,16,19-20,22H,7-8,10-11H2,1-4H3,(H,21,25). The summed E-state index contributed by atoms with van der Waals surface area (Å²) < 4.78 is 29.0. The Morgan fingerprint density at radius 3 is 2.76 bits per heavy atom. The lowest BCUT2D eigenvalue weighted by atomic mass is 9.79. The molecular formula is C19H31N5O4S. The molecule has 1 saturated heterocycles. The number of hydrogen-bond donors (Lipinski definition) is 3. The molecule has 0 radical (unpaired) electrons. The van der Waals surface area contributed by atoms with Crippen molar-refractivity contribution in [2.75, 3.05) is 25.5 Å². The molecule has 162 valence electrons. The zero-order valence-corrected chi connectivity index (χ0v) is 18.2. The van der Waals surface area contributed by atoms with Gasteiger partial charge in [0.05, 0.1) is 11.8 Å². The van der Waals surface area contributed by atoms with Gasteiger partial charge in [0.2, 0.25) is 15.9 Å². The van der Waals surface area contributed by atoms with E-state index in [0.717, 1.165) is 17.3 Å². The molecule has 1 aromatic heterocycles. The Morgan fingerprint density at radius 2 is 2.10 bits per heavy atom. The number of fused-ring (bicyclic) bond motifs is 1. The normalized spacial score (nSPS) is 27.2. The molecule has 1 aliphatic heterocycles. The lowest BCUT2D eigenvalue weighted by molar-refractivity contribution is -0.116. The van der Waals surface area contributed by atoms with Crippen LogP contribution in [0.15, 0.2) is 23.1 Å². The SMILES string of the molecule is CC1CC2CNNC2C(S(=O)(=O)N(C)CC(=O)Nc2ccn(C(C)C)c(=O)c2)C1. The maximum absolute atomic E-state index is 13.2. The van der Waals surface area contributed by atoms with Gasteiger partial charge in [0.25, 0.3) is 5.56 Å². The summed E-state index contributed by atoms with van der Waals surface area (Å²) in [5.41, 5.74) is 6.32. The lowest BCUT2D eigenvalue weighted by Crippen LogP contribution is -2.53. The first-order valence-corrected chi connectivity index (χ1v) is 11.6. The number of anilines is 1. The van der Waals surface area contributed by atoms with Crippen LogP contribution in [-0.2, 0) is 14.8 Å². The van der Waals surface area contributed by atoms with Gasteiger partial charge in [-0.2, -0.15) is 4.31 Å². The second-order valence-electron chi connectivity index (χ2n) is 8.53. The maximum Gasteiger partial charge on any atom is 0.252 e. The second kappa shape index (κ2) is 8.55. The van der Waals surface area contributed by atoms with E-state index in [1.165, 1.54) is 13.1 Å². The first-order valence-electron chi connectivity index (χ1n) is 10.0. The highest BCUT2D eigenvalue weighted by Gasteiger charge is 2.46. The van der Waals surface area contributed by atoms with Gasteiger partial charge in [0.15, 0.2) is 0 Å². The molecule has 3 rings (SSSR count). The first kappa shape index (κ1) is 21.9. The molecule has 29 heavy (non-hydrogen) atoms. The maximum atomic E-state index is 13.2. The fourth-order valence-corrected chi connectivity index (χ4v) is 6.35. The minimum absolute atomic E-state index is 0.0175. The number of aromatic nitrogens is 1. The van der Waals surface area contributed by atoms with Crippen LogP contribution >= 0.6 is 0 Å². The van der Waals surface area contributed by atoms with Gasteiger partial charge in [0.1, 0.15) is 0 Å². The number of likely N-dealkylation sites (N-methyl/N-ethyl adjacent to an activating group) is 1. The topological polar surface area (TPSA) is 113 Å². The van der Waals surface area contributed by atoms with Gasteiger partial charge >= 0.3 is 0 Å². The van der Waals surface area contributed by atoms with Gasteiger partial charge in [-0.15, -0.1) is 0 Å². The highest BCUT2D eigenvalue weighted by molar-refractivity contribution is 7.89. The van der Waals surface area contributed by atoms with Crippen LogP contribution in [0.2, 0.25) is 0 Å².